The number of rotatable bonds is 4. The Balaban J connectivity index is 1.53. The Hall–Kier alpha value is -1.55. The number of carbonyl (C=O) groups is 1. The molecular formula is C18H26N2O2. The van der Waals surface area contributed by atoms with Crippen LogP contribution in [0.2, 0.25) is 0 Å². The highest BCUT2D eigenvalue weighted by Gasteiger charge is 2.34. The zero-order valence-electron chi connectivity index (χ0n) is 13.1. The van der Waals surface area contributed by atoms with Crippen molar-refractivity contribution in [2.24, 2.45) is 0 Å². The number of anilines is 1. The molecule has 1 unspecified atom stereocenters. The van der Waals surface area contributed by atoms with Crippen molar-refractivity contribution in [3.8, 4) is 0 Å². The quantitative estimate of drug-likeness (QED) is 0.898. The number of hydrogen-bond donors (Lipinski definition) is 2. The summed E-state index contributed by atoms with van der Waals surface area (Å²) < 4.78 is 0. The van der Waals surface area contributed by atoms with E-state index in [0.29, 0.717) is 0 Å². The largest absolute Gasteiger partial charge is 0.389 e. The summed E-state index contributed by atoms with van der Waals surface area (Å²) >= 11 is 0. The van der Waals surface area contributed by atoms with Gasteiger partial charge in [0, 0.05) is 24.8 Å². The van der Waals surface area contributed by atoms with Gasteiger partial charge in [0.15, 0.2) is 0 Å². The average molecular weight is 302 g/mol. The molecule has 4 nitrogen and oxygen atoms in total. The van der Waals surface area contributed by atoms with E-state index in [0.717, 1.165) is 51.6 Å². The van der Waals surface area contributed by atoms with Crippen molar-refractivity contribution in [3.05, 3.63) is 30.3 Å². The maximum Gasteiger partial charge on any atom is 0.223 e. The molecule has 120 valence electrons. The van der Waals surface area contributed by atoms with E-state index in [4.69, 9.17) is 0 Å². The molecule has 0 bridgehead atoms. The minimum absolute atomic E-state index is 0.00399. The number of amides is 1. The maximum absolute atomic E-state index is 12.2. The average Bonchev–Trinajstić information content (AvgIpc) is 2.94. The van der Waals surface area contributed by atoms with Gasteiger partial charge in [0.2, 0.25) is 5.91 Å². The summed E-state index contributed by atoms with van der Waals surface area (Å²) in [5.41, 5.74) is 0.466. The molecular weight excluding hydrogens is 276 g/mol. The van der Waals surface area contributed by atoms with Crippen molar-refractivity contribution in [2.45, 2.75) is 56.6 Å². The lowest BCUT2D eigenvalue weighted by atomic mass is 9.97. The van der Waals surface area contributed by atoms with Crippen LogP contribution in [0.25, 0.3) is 0 Å². The van der Waals surface area contributed by atoms with Gasteiger partial charge >= 0.3 is 0 Å². The molecule has 0 spiro atoms. The van der Waals surface area contributed by atoms with E-state index >= 15 is 0 Å². The normalized spacial score (nSPS) is 24.2. The minimum atomic E-state index is -0.752. The monoisotopic (exact) mass is 302 g/mol. The first-order valence-electron chi connectivity index (χ1n) is 8.46. The van der Waals surface area contributed by atoms with Crippen LogP contribution in [0.1, 0.15) is 44.9 Å². The van der Waals surface area contributed by atoms with Gasteiger partial charge < -0.3 is 15.3 Å². The molecule has 0 aromatic heterocycles. The summed E-state index contributed by atoms with van der Waals surface area (Å²) in [5, 5.41) is 13.5. The molecule has 1 heterocycles. The SMILES string of the molecule is O=C(CC1(O)CCCC1)NC1CCCN(c2ccccc2)C1. The smallest absolute Gasteiger partial charge is 0.223 e. The van der Waals surface area contributed by atoms with Crippen LogP contribution in [-0.2, 0) is 4.79 Å². The minimum Gasteiger partial charge on any atom is -0.389 e. The Labute approximate surface area is 132 Å². The van der Waals surface area contributed by atoms with Gasteiger partial charge in [-0.05, 0) is 37.8 Å². The van der Waals surface area contributed by atoms with Crippen LogP contribution >= 0.6 is 0 Å². The van der Waals surface area contributed by atoms with E-state index in [1.807, 2.05) is 18.2 Å². The van der Waals surface area contributed by atoms with Crippen molar-refractivity contribution >= 4 is 11.6 Å². The van der Waals surface area contributed by atoms with Crippen LogP contribution in [0.4, 0.5) is 5.69 Å². The van der Waals surface area contributed by atoms with Crippen LogP contribution in [0.3, 0.4) is 0 Å². The summed E-state index contributed by atoms with van der Waals surface area (Å²) in [6.45, 7) is 1.90. The summed E-state index contributed by atoms with van der Waals surface area (Å²) in [4.78, 5) is 14.6. The van der Waals surface area contributed by atoms with Gasteiger partial charge in [-0.25, -0.2) is 0 Å². The second kappa shape index (κ2) is 6.69. The zero-order valence-corrected chi connectivity index (χ0v) is 13.1. The second-order valence-corrected chi connectivity index (χ2v) is 6.80. The number of aliphatic hydroxyl groups is 1. The fourth-order valence-electron chi connectivity index (χ4n) is 3.76. The van der Waals surface area contributed by atoms with Gasteiger partial charge in [-0.3, -0.25) is 4.79 Å². The molecule has 4 heteroatoms. The Morgan fingerprint density at radius 1 is 1.23 bits per heavy atom. The fourth-order valence-corrected chi connectivity index (χ4v) is 3.76. The van der Waals surface area contributed by atoms with Crippen LogP contribution in [0, 0.1) is 0 Å². The van der Waals surface area contributed by atoms with Crippen LogP contribution < -0.4 is 10.2 Å². The number of hydrogen-bond acceptors (Lipinski definition) is 3. The molecule has 0 radical (unpaired) electrons. The Kier molecular flexibility index (Phi) is 4.67. The molecule has 3 rings (SSSR count). The number of nitrogens with zero attached hydrogens (tertiary/aromatic N) is 1. The van der Waals surface area contributed by atoms with Gasteiger partial charge in [0.1, 0.15) is 0 Å². The van der Waals surface area contributed by atoms with Gasteiger partial charge in [-0.1, -0.05) is 31.0 Å². The lowest BCUT2D eigenvalue weighted by molar-refractivity contribution is -0.126. The first kappa shape index (κ1) is 15.3. The molecule has 1 aliphatic carbocycles. The van der Waals surface area contributed by atoms with E-state index in [2.05, 4.69) is 22.3 Å². The van der Waals surface area contributed by atoms with Crippen LogP contribution in [0.5, 0.6) is 0 Å². The standard InChI is InChI=1S/C18H26N2O2/c21-17(13-18(22)10-4-5-11-18)19-15-7-6-12-20(14-15)16-8-2-1-3-9-16/h1-3,8-9,15,22H,4-7,10-14H2,(H,19,21). The van der Waals surface area contributed by atoms with Crippen LogP contribution in [0.15, 0.2) is 30.3 Å². The van der Waals surface area contributed by atoms with E-state index in [-0.39, 0.29) is 18.4 Å². The van der Waals surface area contributed by atoms with Crippen molar-refractivity contribution in [1.29, 1.82) is 0 Å². The number of carbonyl (C=O) groups excluding carboxylic acids is 1. The van der Waals surface area contributed by atoms with Crippen molar-refractivity contribution in [1.82, 2.24) is 5.32 Å². The lowest BCUT2D eigenvalue weighted by Gasteiger charge is -2.35. The first-order valence-corrected chi connectivity index (χ1v) is 8.46. The molecule has 22 heavy (non-hydrogen) atoms. The third-order valence-electron chi connectivity index (χ3n) is 4.93. The first-order chi connectivity index (χ1) is 10.6. The second-order valence-electron chi connectivity index (χ2n) is 6.80. The van der Waals surface area contributed by atoms with Crippen molar-refractivity contribution in [3.63, 3.8) is 0 Å². The fraction of sp³-hybridized carbons (Fsp3) is 0.611. The Morgan fingerprint density at radius 2 is 1.95 bits per heavy atom. The molecule has 1 atom stereocenters. The number of para-hydroxylation sites is 1. The summed E-state index contributed by atoms with van der Waals surface area (Å²) in [5.74, 6) is 0.00399. The zero-order chi connectivity index (χ0) is 15.4. The molecule has 1 aromatic carbocycles. The highest BCUT2D eigenvalue weighted by Crippen LogP contribution is 2.32. The lowest BCUT2D eigenvalue weighted by Crippen LogP contribution is -2.49. The van der Waals surface area contributed by atoms with Crippen LogP contribution in [-0.4, -0.2) is 35.7 Å². The van der Waals surface area contributed by atoms with Gasteiger partial charge in [0.05, 0.1) is 12.0 Å². The van der Waals surface area contributed by atoms with Gasteiger partial charge in [0.25, 0.3) is 0 Å². The van der Waals surface area contributed by atoms with E-state index < -0.39 is 5.60 Å². The molecule has 1 aliphatic heterocycles. The summed E-state index contributed by atoms with van der Waals surface area (Å²) in [6.07, 6.45) is 5.97. The predicted octanol–water partition coefficient (Wildman–Crippen LogP) is 2.47. The topological polar surface area (TPSA) is 52.6 Å². The molecule has 1 aromatic rings. The predicted molar refractivity (Wildman–Crippen MR) is 87.9 cm³/mol. The highest BCUT2D eigenvalue weighted by atomic mass is 16.3. The molecule has 2 aliphatic rings. The number of benzene rings is 1. The molecule has 1 saturated heterocycles. The molecule has 2 fully saturated rings. The third kappa shape index (κ3) is 3.80. The Bertz CT molecular complexity index is 497. The molecule has 2 N–H and O–H groups in total. The van der Waals surface area contributed by atoms with E-state index in [9.17, 15) is 9.90 Å². The number of piperidine rings is 1. The van der Waals surface area contributed by atoms with Crippen molar-refractivity contribution < 1.29 is 9.90 Å². The van der Waals surface area contributed by atoms with E-state index in [1.165, 1.54) is 5.69 Å². The number of nitrogens with one attached hydrogen (secondary N) is 1. The third-order valence-corrected chi connectivity index (χ3v) is 4.93. The van der Waals surface area contributed by atoms with Gasteiger partial charge in [-0.2, -0.15) is 0 Å². The molecule has 1 saturated carbocycles. The van der Waals surface area contributed by atoms with Crippen molar-refractivity contribution in [2.75, 3.05) is 18.0 Å². The highest BCUT2D eigenvalue weighted by molar-refractivity contribution is 5.77. The summed E-state index contributed by atoms with van der Waals surface area (Å²) in [7, 11) is 0. The summed E-state index contributed by atoms with van der Waals surface area (Å²) in [6, 6.07) is 10.5. The molecule has 1 amide bonds. The Morgan fingerprint density at radius 3 is 2.68 bits per heavy atom. The maximum atomic E-state index is 12.2. The van der Waals surface area contributed by atoms with E-state index in [1.54, 1.807) is 0 Å². The van der Waals surface area contributed by atoms with Gasteiger partial charge in [-0.15, -0.1) is 0 Å².